The summed E-state index contributed by atoms with van der Waals surface area (Å²) in [4.78, 5) is 4.64. The molecule has 1 heterocycles. The summed E-state index contributed by atoms with van der Waals surface area (Å²) in [5.74, 6) is 1.79. The lowest BCUT2D eigenvalue weighted by molar-refractivity contribution is 0.650. The molecule has 2 aromatic rings. The number of imidazole rings is 1. The Kier molecular flexibility index (Phi) is 3.92. The minimum absolute atomic E-state index is 0.723. The van der Waals surface area contributed by atoms with E-state index in [1.807, 2.05) is 24.3 Å². The fourth-order valence-electron chi connectivity index (χ4n) is 2.08. The number of nitrogens with zero attached hydrogens (tertiary/aromatic N) is 2. The zero-order valence-corrected chi connectivity index (χ0v) is 11.5. The van der Waals surface area contributed by atoms with Crippen molar-refractivity contribution >= 4 is 17.4 Å². The number of nitrogens with two attached hydrogens (primary N) is 1. The first-order chi connectivity index (χ1) is 8.67. The molecule has 0 saturated carbocycles. The van der Waals surface area contributed by atoms with Gasteiger partial charge in [0.2, 0.25) is 0 Å². The molecule has 0 saturated heterocycles. The second-order valence-electron chi connectivity index (χ2n) is 4.27. The zero-order chi connectivity index (χ0) is 13.1. The molecule has 0 radical (unpaired) electrons. The highest BCUT2D eigenvalue weighted by atomic mass is 35.5. The monoisotopic (exact) mass is 263 g/mol. The molecule has 0 aliphatic heterocycles. The molecule has 0 spiro atoms. The summed E-state index contributed by atoms with van der Waals surface area (Å²) in [7, 11) is 0. The average molecular weight is 264 g/mol. The highest BCUT2D eigenvalue weighted by Crippen LogP contribution is 2.27. The summed E-state index contributed by atoms with van der Waals surface area (Å²) >= 11 is 5.90. The largest absolute Gasteiger partial charge is 0.383 e. The zero-order valence-electron chi connectivity index (χ0n) is 10.8. The first-order valence-corrected chi connectivity index (χ1v) is 6.66. The fourth-order valence-corrected chi connectivity index (χ4v) is 2.20. The first-order valence-electron chi connectivity index (χ1n) is 6.28. The van der Waals surface area contributed by atoms with Crippen LogP contribution in [0.15, 0.2) is 24.3 Å². The van der Waals surface area contributed by atoms with Crippen LogP contribution in [0.4, 0.5) is 5.82 Å². The summed E-state index contributed by atoms with van der Waals surface area (Å²) in [5.41, 5.74) is 8.08. The number of aromatic nitrogens is 2. The van der Waals surface area contributed by atoms with Gasteiger partial charge >= 0.3 is 0 Å². The average Bonchev–Trinajstić information content (AvgIpc) is 2.69. The Morgan fingerprint density at radius 3 is 2.44 bits per heavy atom. The molecule has 0 fully saturated rings. The Bertz CT molecular complexity index is 529. The third-order valence-corrected chi connectivity index (χ3v) is 3.22. The molecule has 0 atom stereocenters. The summed E-state index contributed by atoms with van der Waals surface area (Å²) < 4.78 is 2.10. The van der Waals surface area contributed by atoms with Crippen molar-refractivity contribution in [3.8, 4) is 11.3 Å². The van der Waals surface area contributed by atoms with Crippen molar-refractivity contribution in [1.82, 2.24) is 9.55 Å². The molecular weight excluding hydrogens is 246 g/mol. The molecule has 0 unspecified atom stereocenters. The predicted molar refractivity (Wildman–Crippen MR) is 76.8 cm³/mol. The quantitative estimate of drug-likeness (QED) is 0.913. The predicted octanol–water partition coefficient (Wildman–Crippen LogP) is 3.76. The maximum Gasteiger partial charge on any atom is 0.131 e. The highest BCUT2D eigenvalue weighted by molar-refractivity contribution is 6.30. The number of hydrogen-bond acceptors (Lipinski definition) is 2. The van der Waals surface area contributed by atoms with Gasteiger partial charge in [0.15, 0.2) is 0 Å². The van der Waals surface area contributed by atoms with Crippen molar-refractivity contribution in [3.05, 3.63) is 35.1 Å². The molecule has 0 aliphatic rings. The molecule has 96 valence electrons. The van der Waals surface area contributed by atoms with Crippen molar-refractivity contribution < 1.29 is 0 Å². The topological polar surface area (TPSA) is 43.8 Å². The molecular formula is C14H18ClN3. The third-order valence-electron chi connectivity index (χ3n) is 2.97. The van der Waals surface area contributed by atoms with Gasteiger partial charge in [-0.05, 0) is 18.6 Å². The van der Waals surface area contributed by atoms with E-state index in [1.165, 1.54) is 0 Å². The van der Waals surface area contributed by atoms with Crippen LogP contribution in [0.2, 0.25) is 5.02 Å². The summed E-state index contributed by atoms with van der Waals surface area (Å²) in [5, 5.41) is 0.723. The van der Waals surface area contributed by atoms with E-state index in [0.29, 0.717) is 0 Å². The first kappa shape index (κ1) is 13.0. The van der Waals surface area contributed by atoms with E-state index >= 15 is 0 Å². The van der Waals surface area contributed by atoms with E-state index in [0.717, 1.165) is 47.3 Å². The van der Waals surface area contributed by atoms with E-state index in [1.54, 1.807) is 0 Å². The van der Waals surface area contributed by atoms with Gasteiger partial charge < -0.3 is 10.3 Å². The van der Waals surface area contributed by atoms with Crippen molar-refractivity contribution in [1.29, 1.82) is 0 Å². The van der Waals surface area contributed by atoms with Crippen molar-refractivity contribution in [2.24, 2.45) is 0 Å². The van der Waals surface area contributed by atoms with E-state index < -0.39 is 0 Å². The molecule has 3 nitrogen and oxygen atoms in total. The van der Waals surface area contributed by atoms with Crippen LogP contribution in [0.5, 0.6) is 0 Å². The van der Waals surface area contributed by atoms with E-state index in [9.17, 15) is 0 Å². The number of halogens is 1. The number of rotatable bonds is 4. The standard InChI is InChI=1S/C14H18ClN3/c1-3-9-18-12(4-2)17-13(14(18)16)10-5-7-11(15)8-6-10/h5-8H,3-4,9,16H2,1-2H3. The molecule has 4 heteroatoms. The van der Waals surface area contributed by atoms with Gasteiger partial charge in [-0.1, -0.05) is 37.6 Å². The molecule has 0 aliphatic carbocycles. The molecule has 0 amide bonds. The molecule has 1 aromatic carbocycles. The Morgan fingerprint density at radius 1 is 1.22 bits per heavy atom. The van der Waals surface area contributed by atoms with Gasteiger partial charge in [0.1, 0.15) is 17.3 Å². The Morgan fingerprint density at radius 2 is 1.89 bits per heavy atom. The van der Waals surface area contributed by atoms with Gasteiger partial charge in [-0.25, -0.2) is 4.98 Å². The summed E-state index contributed by atoms with van der Waals surface area (Å²) in [6.45, 7) is 5.15. The van der Waals surface area contributed by atoms with Crippen LogP contribution < -0.4 is 5.73 Å². The van der Waals surface area contributed by atoms with Crippen LogP contribution in [-0.2, 0) is 13.0 Å². The van der Waals surface area contributed by atoms with E-state index in [-0.39, 0.29) is 0 Å². The maximum atomic E-state index is 6.20. The van der Waals surface area contributed by atoms with Crippen LogP contribution in [0, 0.1) is 0 Å². The summed E-state index contributed by atoms with van der Waals surface area (Å²) in [6.07, 6.45) is 1.94. The lowest BCUT2D eigenvalue weighted by Gasteiger charge is -2.06. The minimum atomic E-state index is 0.723. The smallest absolute Gasteiger partial charge is 0.131 e. The molecule has 1 aromatic heterocycles. The number of anilines is 1. The summed E-state index contributed by atoms with van der Waals surface area (Å²) in [6, 6.07) is 7.63. The van der Waals surface area contributed by atoms with Crippen molar-refractivity contribution in [2.75, 3.05) is 5.73 Å². The van der Waals surface area contributed by atoms with Gasteiger partial charge in [0.25, 0.3) is 0 Å². The number of aryl methyl sites for hydroxylation is 1. The lowest BCUT2D eigenvalue weighted by atomic mass is 10.1. The van der Waals surface area contributed by atoms with Crippen molar-refractivity contribution in [2.45, 2.75) is 33.2 Å². The van der Waals surface area contributed by atoms with Gasteiger partial charge in [-0.15, -0.1) is 0 Å². The van der Waals surface area contributed by atoms with Gasteiger partial charge in [-0.2, -0.15) is 0 Å². The van der Waals surface area contributed by atoms with Crippen molar-refractivity contribution in [3.63, 3.8) is 0 Å². The van der Waals surface area contributed by atoms with Crippen LogP contribution in [-0.4, -0.2) is 9.55 Å². The molecule has 2 N–H and O–H groups in total. The van der Waals surface area contributed by atoms with E-state index in [2.05, 4.69) is 23.4 Å². The second kappa shape index (κ2) is 5.44. The van der Waals surface area contributed by atoms with Crippen LogP contribution in [0.1, 0.15) is 26.1 Å². The third kappa shape index (κ3) is 2.36. The number of nitrogen functional groups attached to an aromatic ring is 1. The molecule has 0 bridgehead atoms. The van der Waals surface area contributed by atoms with Gasteiger partial charge in [0.05, 0.1) is 0 Å². The Labute approximate surface area is 113 Å². The second-order valence-corrected chi connectivity index (χ2v) is 4.71. The number of benzene rings is 1. The highest BCUT2D eigenvalue weighted by Gasteiger charge is 2.14. The maximum absolute atomic E-state index is 6.20. The van der Waals surface area contributed by atoms with Crippen LogP contribution in [0.3, 0.4) is 0 Å². The fraction of sp³-hybridized carbons (Fsp3) is 0.357. The SMILES string of the molecule is CCCn1c(CC)nc(-c2ccc(Cl)cc2)c1N. The minimum Gasteiger partial charge on any atom is -0.383 e. The van der Waals surface area contributed by atoms with Gasteiger partial charge in [0, 0.05) is 23.6 Å². The Hall–Kier alpha value is -1.48. The molecule has 18 heavy (non-hydrogen) atoms. The van der Waals surface area contributed by atoms with E-state index in [4.69, 9.17) is 17.3 Å². The Balaban J connectivity index is 2.48. The van der Waals surface area contributed by atoms with Gasteiger partial charge in [-0.3, -0.25) is 0 Å². The number of hydrogen-bond donors (Lipinski definition) is 1. The van der Waals surface area contributed by atoms with Crippen LogP contribution in [0.25, 0.3) is 11.3 Å². The lowest BCUT2D eigenvalue weighted by Crippen LogP contribution is -2.06. The van der Waals surface area contributed by atoms with Crippen LogP contribution >= 0.6 is 11.6 Å². The normalized spacial score (nSPS) is 10.8. The molecule has 2 rings (SSSR count).